The second kappa shape index (κ2) is 10.2. The van der Waals surface area contributed by atoms with Crippen molar-refractivity contribution in [3.8, 4) is 11.1 Å². The summed E-state index contributed by atoms with van der Waals surface area (Å²) in [5, 5.41) is 2.15. The van der Waals surface area contributed by atoms with Gasteiger partial charge < -0.3 is 9.30 Å². The summed E-state index contributed by atoms with van der Waals surface area (Å²) in [4.78, 5) is 47.9. The van der Waals surface area contributed by atoms with Crippen molar-refractivity contribution in [1.82, 2.24) is 9.88 Å². The van der Waals surface area contributed by atoms with E-state index in [0.29, 0.717) is 11.3 Å². The maximum absolute atomic E-state index is 12.3. The number of carbonyl (C=O) groups excluding carboxylic acids is 4. The molecule has 0 aliphatic rings. The van der Waals surface area contributed by atoms with Crippen molar-refractivity contribution in [2.45, 2.75) is 12.8 Å². The standard InChI is InChI=1S/C24H22N2O5/c1-26-15-5-8-20(26)24(30)25-22(28)16-31-23(29)14-13-21(27)19-11-9-18(10-12-19)17-6-3-2-4-7-17/h2-12,15H,13-14,16H2,1H3,(H,25,28,30). The summed E-state index contributed by atoms with van der Waals surface area (Å²) < 4.78 is 6.42. The molecule has 31 heavy (non-hydrogen) atoms. The molecule has 7 heteroatoms. The lowest BCUT2D eigenvalue weighted by atomic mass is 10.0. The van der Waals surface area contributed by atoms with E-state index in [1.54, 1.807) is 42.1 Å². The highest BCUT2D eigenvalue weighted by Crippen LogP contribution is 2.20. The zero-order valence-electron chi connectivity index (χ0n) is 17.0. The van der Waals surface area contributed by atoms with Crippen molar-refractivity contribution < 1.29 is 23.9 Å². The van der Waals surface area contributed by atoms with Crippen molar-refractivity contribution in [3.63, 3.8) is 0 Å². The Morgan fingerprint density at radius 2 is 1.52 bits per heavy atom. The van der Waals surface area contributed by atoms with Gasteiger partial charge in [-0.25, -0.2) is 0 Å². The smallest absolute Gasteiger partial charge is 0.306 e. The monoisotopic (exact) mass is 418 g/mol. The number of ketones is 1. The van der Waals surface area contributed by atoms with Crippen LogP contribution in [0.25, 0.3) is 11.1 Å². The Morgan fingerprint density at radius 1 is 0.839 bits per heavy atom. The van der Waals surface area contributed by atoms with Crippen LogP contribution >= 0.6 is 0 Å². The topological polar surface area (TPSA) is 94.5 Å². The molecule has 1 aromatic heterocycles. The molecular formula is C24H22N2O5. The van der Waals surface area contributed by atoms with Crippen molar-refractivity contribution in [2.24, 2.45) is 7.05 Å². The zero-order chi connectivity index (χ0) is 22.2. The van der Waals surface area contributed by atoms with Crippen LogP contribution in [0.2, 0.25) is 0 Å². The van der Waals surface area contributed by atoms with Crippen LogP contribution in [0.5, 0.6) is 0 Å². The second-order valence-corrected chi connectivity index (χ2v) is 6.91. The Labute approximate surface area is 179 Å². The molecule has 0 radical (unpaired) electrons. The van der Waals surface area contributed by atoms with Gasteiger partial charge in [-0.2, -0.15) is 0 Å². The summed E-state index contributed by atoms with van der Waals surface area (Å²) in [6, 6.07) is 20.2. The molecule has 158 valence electrons. The highest BCUT2D eigenvalue weighted by atomic mass is 16.5. The van der Waals surface area contributed by atoms with Crippen molar-refractivity contribution in [3.05, 3.63) is 84.2 Å². The number of imide groups is 1. The molecule has 0 aliphatic carbocycles. The third-order valence-electron chi connectivity index (χ3n) is 4.66. The molecule has 2 amide bonds. The number of rotatable bonds is 8. The van der Waals surface area contributed by atoms with Crippen LogP contribution in [-0.4, -0.2) is 34.7 Å². The first-order valence-corrected chi connectivity index (χ1v) is 9.74. The Bertz CT molecular complexity index is 1080. The molecule has 3 rings (SSSR count). The fraction of sp³-hybridized carbons (Fsp3) is 0.167. The number of benzene rings is 2. The fourth-order valence-corrected chi connectivity index (χ4v) is 2.98. The van der Waals surface area contributed by atoms with Gasteiger partial charge in [-0.05, 0) is 23.3 Å². The van der Waals surface area contributed by atoms with Crippen LogP contribution in [0.1, 0.15) is 33.7 Å². The Morgan fingerprint density at radius 3 is 2.16 bits per heavy atom. The molecule has 0 saturated heterocycles. The minimum absolute atomic E-state index is 0.0343. The number of aromatic nitrogens is 1. The van der Waals surface area contributed by atoms with Crippen LogP contribution in [-0.2, 0) is 21.4 Å². The molecule has 0 atom stereocenters. The van der Waals surface area contributed by atoms with Gasteiger partial charge in [0.2, 0.25) is 0 Å². The van der Waals surface area contributed by atoms with Gasteiger partial charge in [-0.15, -0.1) is 0 Å². The third kappa shape index (κ3) is 5.99. The largest absolute Gasteiger partial charge is 0.456 e. The normalized spacial score (nSPS) is 10.4. The van der Waals surface area contributed by atoms with Crippen LogP contribution in [0.4, 0.5) is 0 Å². The van der Waals surface area contributed by atoms with Crippen molar-refractivity contribution in [2.75, 3.05) is 6.61 Å². The first kappa shape index (κ1) is 21.7. The molecule has 0 aliphatic heterocycles. The molecule has 0 fully saturated rings. The lowest BCUT2D eigenvalue weighted by Crippen LogP contribution is -2.35. The summed E-state index contributed by atoms with van der Waals surface area (Å²) in [5.74, 6) is -2.19. The molecule has 7 nitrogen and oxygen atoms in total. The summed E-state index contributed by atoms with van der Waals surface area (Å²) in [7, 11) is 1.67. The lowest BCUT2D eigenvalue weighted by molar-refractivity contribution is -0.148. The van der Waals surface area contributed by atoms with E-state index in [1.807, 2.05) is 42.5 Å². The van der Waals surface area contributed by atoms with E-state index >= 15 is 0 Å². The van der Waals surface area contributed by atoms with Gasteiger partial charge in [0.15, 0.2) is 12.4 Å². The maximum atomic E-state index is 12.3. The number of ether oxygens (including phenoxy) is 1. The van der Waals surface area contributed by atoms with Crippen LogP contribution < -0.4 is 5.32 Å². The highest BCUT2D eigenvalue weighted by Gasteiger charge is 2.15. The van der Waals surface area contributed by atoms with Crippen LogP contribution in [0.15, 0.2) is 72.9 Å². The Kier molecular flexibility index (Phi) is 7.11. The second-order valence-electron chi connectivity index (χ2n) is 6.91. The van der Waals surface area contributed by atoms with E-state index in [-0.39, 0.29) is 18.6 Å². The molecular weight excluding hydrogens is 396 g/mol. The molecule has 0 saturated carbocycles. The first-order chi connectivity index (χ1) is 14.9. The molecule has 0 unspecified atom stereocenters. The number of hydrogen-bond donors (Lipinski definition) is 1. The number of carbonyl (C=O) groups is 4. The third-order valence-corrected chi connectivity index (χ3v) is 4.66. The molecule has 0 spiro atoms. The van der Waals surface area contributed by atoms with Gasteiger partial charge in [0, 0.05) is 25.2 Å². The summed E-state index contributed by atoms with van der Waals surface area (Å²) >= 11 is 0. The van der Waals surface area contributed by atoms with E-state index in [4.69, 9.17) is 4.74 Å². The van der Waals surface area contributed by atoms with Gasteiger partial charge in [0.1, 0.15) is 5.69 Å². The van der Waals surface area contributed by atoms with E-state index in [2.05, 4.69) is 5.32 Å². The van der Waals surface area contributed by atoms with Crippen LogP contribution in [0, 0.1) is 0 Å². The number of nitrogens with one attached hydrogen (secondary N) is 1. The highest BCUT2D eigenvalue weighted by molar-refractivity contribution is 6.04. The Balaban J connectivity index is 1.42. The minimum Gasteiger partial charge on any atom is -0.456 e. The van der Waals surface area contributed by atoms with E-state index in [9.17, 15) is 19.2 Å². The van der Waals surface area contributed by atoms with Crippen molar-refractivity contribution >= 4 is 23.6 Å². The molecule has 1 N–H and O–H groups in total. The van der Waals surface area contributed by atoms with E-state index < -0.39 is 24.4 Å². The lowest BCUT2D eigenvalue weighted by Gasteiger charge is -2.07. The molecule has 1 heterocycles. The van der Waals surface area contributed by atoms with Gasteiger partial charge in [0.25, 0.3) is 11.8 Å². The predicted molar refractivity (Wildman–Crippen MR) is 114 cm³/mol. The molecule has 0 bridgehead atoms. The number of hydrogen-bond acceptors (Lipinski definition) is 5. The first-order valence-electron chi connectivity index (χ1n) is 9.74. The fourth-order valence-electron chi connectivity index (χ4n) is 2.98. The number of aryl methyl sites for hydroxylation is 1. The summed E-state index contributed by atoms with van der Waals surface area (Å²) in [5.41, 5.74) is 2.85. The summed E-state index contributed by atoms with van der Waals surface area (Å²) in [6.07, 6.45) is 1.48. The maximum Gasteiger partial charge on any atom is 0.306 e. The van der Waals surface area contributed by atoms with Gasteiger partial charge >= 0.3 is 5.97 Å². The quantitative estimate of drug-likeness (QED) is 0.448. The van der Waals surface area contributed by atoms with Crippen LogP contribution in [0.3, 0.4) is 0 Å². The van der Waals surface area contributed by atoms with Crippen molar-refractivity contribution in [1.29, 1.82) is 0 Å². The average Bonchev–Trinajstić information content (AvgIpc) is 3.22. The van der Waals surface area contributed by atoms with Gasteiger partial charge in [-0.1, -0.05) is 54.6 Å². The molecule has 2 aromatic carbocycles. The Hall–Kier alpha value is -4.00. The summed E-state index contributed by atoms with van der Waals surface area (Å²) in [6.45, 7) is -0.588. The SMILES string of the molecule is Cn1cccc1C(=O)NC(=O)COC(=O)CCC(=O)c1ccc(-c2ccccc2)cc1. The molecule has 3 aromatic rings. The van der Waals surface area contributed by atoms with E-state index in [1.165, 1.54) is 0 Å². The number of amides is 2. The minimum atomic E-state index is -0.734. The number of Topliss-reactive ketones (excluding diaryl/α,β-unsaturated/α-hetero) is 1. The van der Waals surface area contributed by atoms with E-state index in [0.717, 1.165) is 11.1 Å². The average molecular weight is 418 g/mol. The number of esters is 1. The zero-order valence-corrected chi connectivity index (χ0v) is 17.0. The van der Waals surface area contributed by atoms with Gasteiger partial charge in [-0.3, -0.25) is 24.5 Å². The predicted octanol–water partition coefficient (Wildman–Crippen LogP) is 3.15. The van der Waals surface area contributed by atoms with Gasteiger partial charge in [0.05, 0.1) is 6.42 Å². The number of nitrogens with zero attached hydrogens (tertiary/aromatic N) is 1.